The Morgan fingerprint density at radius 1 is 1.25 bits per heavy atom. The first-order chi connectivity index (χ1) is 7.79. The maximum absolute atomic E-state index is 9.79. The second-order valence-electron chi connectivity index (χ2n) is 5.56. The Morgan fingerprint density at radius 2 is 2.00 bits per heavy atom. The molecule has 2 N–H and O–H groups in total. The van der Waals surface area contributed by atoms with E-state index >= 15 is 0 Å². The zero-order chi connectivity index (χ0) is 11.4. The largest absolute Gasteiger partial charge is 0.390 e. The van der Waals surface area contributed by atoms with Crippen LogP contribution in [-0.2, 0) is 0 Å². The molecule has 2 aliphatic rings. The summed E-state index contributed by atoms with van der Waals surface area (Å²) >= 11 is 0. The van der Waals surface area contributed by atoms with Crippen LogP contribution in [0.25, 0.3) is 0 Å². The molecule has 1 saturated heterocycles. The average molecular weight is 226 g/mol. The van der Waals surface area contributed by atoms with Crippen LogP contribution in [-0.4, -0.2) is 49.3 Å². The Kier molecular flexibility index (Phi) is 4.62. The van der Waals surface area contributed by atoms with Gasteiger partial charge in [0.25, 0.3) is 0 Å². The van der Waals surface area contributed by atoms with Crippen LogP contribution >= 0.6 is 0 Å². The van der Waals surface area contributed by atoms with Crippen molar-refractivity contribution in [3.8, 4) is 0 Å². The highest BCUT2D eigenvalue weighted by molar-refractivity contribution is 4.84. The lowest BCUT2D eigenvalue weighted by molar-refractivity contribution is 0.0470. The quantitative estimate of drug-likeness (QED) is 0.753. The van der Waals surface area contributed by atoms with Crippen LogP contribution in [0.2, 0.25) is 0 Å². The molecular weight excluding hydrogens is 200 g/mol. The molecule has 0 aromatic rings. The number of fused-ring (bicyclic) bond motifs is 1. The lowest BCUT2D eigenvalue weighted by Crippen LogP contribution is -2.46. The summed E-state index contributed by atoms with van der Waals surface area (Å²) in [5.41, 5.74) is 0. The Hall–Kier alpha value is -0.120. The van der Waals surface area contributed by atoms with Crippen LogP contribution in [0, 0.1) is 11.8 Å². The predicted octanol–water partition coefficient (Wildman–Crippen LogP) is 1.08. The van der Waals surface area contributed by atoms with Gasteiger partial charge < -0.3 is 15.3 Å². The fourth-order valence-electron chi connectivity index (χ4n) is 3.44. The molecule has 3 heteroatoms. The van der Waals surface area contributed by atoms with Gasteiger partial charge in [-0.2, -0.15) is 0 Å². The summed E-state index contributed by atoms with van der Waals surface area (Å²) < 4.78 is 0. The molecule has 0 aromatic carbocycles. The Bertz CT molecular complexity index is 210. The molecule has 0 bridgehead atoms. The fourth-order valence-corrected chi connectivity index (χ4v) is 3.44. The lowest BCUT2D eigenvalue weighted by Gasteiger charge is -2.41. The molecule has 3 atom stereocenters. The molecule has 16 heavy (non-hydrogen) atoms. The molecule has 1 heterocycles. The van der Waals surface area contributed by atoms with Crippen molar-refractivity contribution in [3.63, 3.8) is 0 Å². The van der Waals surface area contributed by atoms with Crippen LogP contribution < -0.4 is 5.32 Å². The molecule has 1 aliphatic carbocycles. The number of likely N-dealkylation sites (N-methyl/N-ethyl adjacent to an activating group) is 1. The third-order valence-corrected chi connectivity index (χ3v) is 4.28. The summed E-state index contributed by atoms with van der Waals surface area (Å²) in [4.78, 5) is 2.47. The monoisotopic (exact) mass is 226 g/mol. The minimum Gasteiger partial charge on any atom is -0.390 e. The molecule has 0 amide bonds. The van der Waals surface area contributed by atoms with Crippen molar-refractivity contribution < 1.29 is 5.11 Å². The lowest BCUT2D eigenvalue weighted by atomic mass is 9.75. The number of likely N-dealkylation sites (tertiary alicyclic amines) is 1. The van der Waals surface area contributed by atoms with Crippen LogP contribution in [0.4, 0.5) is 0 Å². The summed E-state index contributed by atoms with van der Waals surface area (Å²) in [5, 5.41) is 12.8. The fraction of sp³-hybridized carbons (Fsp3) is 1.00. The summed E-state index contributed by atoms with van der Waals surface area (Å²) in [6.07, 6.45) is 6.90. The van der Waals surface area contributed by atoms with E-state index in [1.807, 2.05) is 7.05 Å². The maximum Gasteiger partial charge on any atom is 0.0791 e. The van der Waals surface area contributed by atoms with E-state index in [1.54, 1.807) is 0 Å². The van der Waals surface area contributed by atoms with E-state index < -0.39 is 0 Å². The second-order valence-corrected chi connectivity index (χ2v) is 5.56. The standard InChI is InChI=1S/C13H26N2O/c1-14-8-13(16)10-15-7-6-11-4-2-3-5-12(11)9-15/h11-14,16H,2-10H2,1H3. The molecule has 0 radical (unpaired) electrons. The molecule has 94 valence electrons. The van der Waals surface area contributed by atoms with Crippen molar-refractivity contribution in [2.75, 3.05) is 33.2 Å². The third kappa shape index (κ3) is 3.19. The van der Waals surface area contributed by atoms with Gasteiger partial charge in [0.05, 0.1) is 6.10 Å². The summed E-state index contributed by atoms with van der Waals surface area (Å²) in [6, 6.07) is 0. The van der Waals surface area contributed by atoms with Gasteiger partial charge in [0, 0.05) is 19.6 Å². The molecule has 3 unspecified atom stereocenters. The summed E-state index contributed by atoms with van der Waals surface area (Å²) in [6.45, 7) is 3.99. The number of β-amino-alcohol motifs (C(OH)–C–C–N with tert-alkyl or cyclic N) is 1. The molecule has 0 aromatic heterocycles. The number of nitrogens with one attached hydrogen (secondary N) is 1. The number of hydrogen-bond acceptors (Lipinski definition) is 3. The van der Waals surface area contributed by atoms with Crippen LogP contribution in [0.3, 0.4) is 0 Å². The zero-order valence-corrected chi connectivity index (χ0v) is 10.5. The Labute approximate surface area is 99.2 Å². The number of hydrogen-bond donors (Lipinski definition) is 2. The van der Waals surface area contributed by atoms with E-state index in [9.17, 15) is 5.11 Å². The molecule has 1 saturated carbocycles. The van der Waals surface area contributed by atoms with E-state index in [1.165, 1.54) is 45.2 Å². The third-order valence-electron chi connectivity index (χ3n) is 4.28. The van der Waals surface area contributed by atoms with Gasteiger partial charge in [0.15, 0.2) is 0 Å². The highest BCUT2D eigenvalue weighted by Crippen LogP contribution is 2.35. The first-order valence-corrected chi connectivity index (χ1v) is 6.84. The minimum absolute atomic E-state index is 0.204. The summed E-state index contributed by atoms with van der Waals surface area (Å²) in [7, 11) is 1.90. The van der Waals surface area contributed by atoms with Gasteiger partial charge >= 0.3 is 0 Å². The molecule has 3 nitrogen and oxygen atoms in total. The number of rotatable bonds is 4. The van der Waals surface area contributed by atoms with Gasteiger partial charge in [-0.3, -0.25) is 0 Å². The number of piperidine rings is 1. The van der Waals surface area contributed by atoms with Gasteiger partial charge in [-0.05, 0) is 38.3 Å². The SMILES string of the molecule is CNCC(O)CN1CCC2CCCCC2C1. The normalized spacial score (nSPS) is 33.4. The van der Waals surface area contributed by atoms with Crippen molar-refractivity contribution >= 4 is 0 Å². The van der Waals surface area contributed by atoms with Crippen LogP contribution in [0.15, 0.2) is 0 Å². The molecular formula is C13H26N2O. The van der Waals surface area contributed by atoms with Crippen LogP contribution in [0.1, 0.15) is 32.1 Å². The average Bonchev–Trinajstić information content (AvgIpc) is 2.29. The molecule has 2 fully saturated rings. The zero-order valence-electron chi connectivity index (χ0n) is 10.5. The predicted molar refractivity (Wildman–Crippen MR) is 66.4 cm³/mol. The van der Waals surface area contributed by atoms with Gasteiger partial charge in [0.2, 0.25) is 0 Å². The van der Waals surface area contributed by atoms with E-state index in [0.717, 1.165) is 18.4 Å². The van der Waals surface area contributed by atoms with Gasteiger partial charge in [-0.25, -0.2) is 0 Å². The highest BCUT2D eigenvalue weighted by Gasteiger charge is 2.31. The van der Waals surface area contributed by atoms with Crippen molar-refractivity contribution in [3.05, 3.63) is 0 Å². The van der Waals surface area contributed by atoms with E-state index in [2.05, 4.69) is 10.2 Å². The Morgan fingerprint density at radius 3 is 2.75 bits per heavy atom. The van der Waals surface area contributed by atoms with E-state index in [4.69, 9.17) is 0 Å². The number of aliphatic hydroxyl groups excluding tert-OH is 1. The molecule has 2 rings (SSSR count). The first-order valence-electron chi connectivity index (χ1n) is 6.84. The number of aliphatic hydroxyl groups is 1. The van der Waals surface area contributed by atoms with Gasteiger partial charge in [0.1, 0.15) is 0 Å². The minimum atomic E-state index is -0.204. The number of nitrogens with zero attached hydrogens (tertiary/aromatic N) is 1. The van der Waals surface area contributed by atoms with Crippen molar-refractivity contribution in [2.45, 2.75) is 38.2 Å². The van der Waals surface area contributed by atoms with Gasteiger partial charge in [-0.15, -0.1) is 0 Å². The topological polar surface area (TPSA) is 35.5 Å². The van der Waals surface area contributed by atoms with Crippen molar-refractivity contribution in [2.24, 2.45) is 11.8 Å². The Balaban J connectivity index is 1.76. The first kappa shape index (κ1) is 12.3. The van der Waals surface area contributed by atoms with E-state index in [-0.39, 0.29) is 6.10 Å². The maximum atomic E-state index is 9.79. The second kappa shape index (κ2) is 5.99. The van der Waals surface area contributed by atoms with E-state index in [0.29, 0.717) is 6.54 Å². The highest BCUT2D eigenvalue weighted by atomic mass is 16.3. The summed E-state index contributed by atoms with van der Waals surface area (Å²) in [5.74, 6) is 1.91. The smallest absolute Gasteiger partial charge is 0.0791 e. The van der Waals surface area contributed by atoms with Crippen molar-refractivity contribution in [1.82, 2.24) is 10.2 Å². The van der Waals surface area contributed by atoms with Crippen LogP contribution in [0.5, 0.6) is 0 Å². The van der Waals surface area contributed by atoms with Crippen molar-refractivity contribution in [1.29, 1.82) is 0 Å². The molecule has 0 spiro atoms. The molecule has 1 aliphatic heterocycles. The van der Waals surface area contributed by atoms with Gasteiger partial charge in [-0.1, -0.05) is 19.3 Å².